The quantitative estimate of drug-likeness (QED) is 0.341. The average Bonchev–Trinajstić information content (AvgIpc) is 3.31. The Labute approximate surface area is 194 Å². The van der Waals surface area contributed by atoms with Gasteiger partial charge in [0.1, 0.15) is 29.2 Å². The van der Waals surface area contributed by atoms with E-state index in [2.05, 4.69) is 0 Å². The van der Waals surface area contributed by atoms with E-state index in [4.69, 9.17) is 4.74 Å². The van der Waals surface area contributed by atoms with Crippen molar-refractivity contribution in [1.29, 1.82) is 0 Å². The van der Waals surface area contributed by atoms with Crippen molar-refractivity contribution in [3.8, 4) is 5.75 Å². The molecule has 34 heavy (non-hydrogen) atoms. The number of carbonyl (C=O) groups excluding carboxylic acids is 2. The number of aliphatic hydroxyl groups excluding tert-OH is 1. The van der Waals surface area contributed by atoms with E-state index < -0.39 is 29.4 Å². The van der Waals surface area contributed by atoms with Gasteiger partial charge in [-0.2, -0.15) is 0 Å². The maximum atomic E-state index is 13.6. The first kappa shape index (κ1) is 21.8. The predicted molar refractivity (Wildman–Crippen MR) is 121 cm³/mol. The second-order valence-electron chi connectivity index (χ2n) is 8.56. The molecule has 0 aromatic heterocycles. The van der Waals surface area contributed by atoms with Crippen LogP contribution in [0.4, 0.5) is 8.78 Å². The Kier molecular flexibility index (Phi) is 5.40. The highest BCUT2D eigenvalue weighted by Gasteiger charge is 2.46. The molecule has 0 radical (unpaired) electrons. The third-order valence-electron chi connectivity index (χ3n) is 6.16. The van der Waals surface area contributed by atoms with Crippen LogP contribution in [0.2, 0.25) is 0 Å². The van der Waals surface area contributed by atoms with Gasteiger partial charge in [-0.05, 0) is 66.1 Å². The Morgan fingerprint density at radius 3 is 2.32 bits per heavy atom. The van der Waals surface area contributed by atoms with E-state index in [0.717, 1.165) is 11.3 Å². The van der Waals surface area contributed by atoms with Crippen molar-refractivity contribution >= 4 is 17.4 Å². The summed E-state index contributed by atoms with van der Waals surface area (Å²) in [7, 11) is 0. The first-order chi connectivity index (χ1) is 16.3. The van der Waals surface area contributed by atoms with E-state index in [-0.39, 0.29) is 24.0 Å². The minimum absolute atomic E-state index is 0.00732. The average molecular weight is 461 g/mol. The van der Waals surface area contributed by atoms with Crippen molar-refractivity contribution in [3.63, 3.8) is 0 Å². The largest absolute Gasteiger partial charge is 0.507 e. The van der Waals surface area contributed by atoms with E-state index >= 15 is 0 Å². The maximum Gasteiger partial charge on any atom is 0.295 e. The zero-order chi connectivity index (χ0) is 24.0. The van der Waals surface area contributed by atoms with Crippen molar-refractivity contribution in [2.45, 2.75) is 32.0 Å². The molecule has 1 saturated heterocycles. The summed E-state index contributed by atoms with van der Waals surface area (Å²) < 4.78 is 32.7. The fraction of sp³-hybridized carbons (Fsp3) is 0.185. The highest BCUT2D eigenvalue weighted by Crippen LogP contribution is 2.41. The number of aliphatic hydroxyl groups is 1. The molecule has 0 saturated carbocycles. The van der Waals surface area contributed by atoms with Gasteiger partial charge in [0.15, 0.2) is 0 Å². The number of benzene rings is 3. The molecule has 1 fully saturated rings. The first-order valence-corrected chi connectivity index (χ1v) is 10.9. The topological polar surface area (TPSA) is 66.8 Å². The highest BCUT2D eigenvalue weighted by molar-refractivity contribution is 6.46. The Bertz CT molecular complexity index is 1320. The summed E-state index contributed by atoms with van der Waals surface area (Å²) >= 11 is 0. The SMILES string of the molecule is CC1Cc2cc(/C(O)=C3/C(=O)C(=O)N(Cc4ccc(F)cc4)C3c3ccc(F)cc3)ccc2O1. The van der Waals surface area contributed by atoms with Crippen LogP contribution in [-0.2, 0) is 22.6 Å². The number of hydrogen-bond acceptors (Lipinski definition) is 4. The van der Waals surface area contributed by atoms with Crippen LogP contribution in [0.5, 0.6) is 5.75 Å². The molecule has 2 aliphatic rings. The minimum atomic E-state index is -0.936. The molecule has 3 aromatic carbocycles. The summed E-state index contributed by atoms with van der Waals surface area (Å²) in [6.07, 6.45) is 0.671. The van der Waals surface area contributed by atoms with Crippen molar-refractivity contribution < 1.29 is 28.2 Å². The number of amides is 1. The molecule has 2 unspecified atom stereocenters. The lowest BCUT2D eigenvalue weighted by atomic mass is 9.94. The Balaban J connectivity index is 1.61. The van der Waals surface area contributed by atoms with Crippen LogP contribution in [0.15, 0.2) is 72.3 Å². The number of carbonyl (C=O) groups is 2. The fourth-order valence-corrected chi connectivity index (χ4v) is 4.55. The second kappa shape index (κ2) is 8.41. The van der Waals surface area contributed by atoms with E-state index in [1.54, 1.807) is 18.2 Å². The van der Waals surface area contributed by atoms with Crippen molar-refractivity contribution in [1.82, 2.24) is 4.90 Å². The van der Waals surface area contributed by atoms with Crippen molar-refractivity contribution in [2.24, 2.45) is 0 Å². The predicted octanol–water partition coefficient (Wildman–Crippen LogP) is 4.91. The molecule has 2 atom stereocenters. The number of rotatable bonds is 4. The lowest BCUT2D eigenvalue weighted by Crippen LogP contribution is -2.29. The number of halogens is 2. The molecule has 172 valence electrons. The van der Waals surface area contributed by atoms with E-state index in [1.807, 2.05) is 6.92 Å². The number of likely N-dealkylation sites (tertiary alicyclic amines) is 1. The van der Waals surface area contributed by atoms with Crippen LogP contribution in [-0.4, -0.2) is 27.8 Å². The molecule has 0 spiro atoms. The van der Waals surface area contributed by atoms with E-state index in [9.17, 15) is 23.5 Å². The van der Waals surface area contributed by atoms with Gasteiger partial charge in [-0.25, -0.2) is 8.78 Å². The number of Topliss-reactive ketones (excluding diaryl/α,β-unsaturated/α-hetero) is 1. The molecule has 3 aromatic rings. The number of ether oxygens (including phenoxy) is 1. The third kappa shape index (κ3) is 3.83. The van der Waals surface area contributed by atoms with Crippen LogP contribution >= 0.6 is 0 Å². The molecule has 0 aliphatic carbocycles. The number of ketones is 1. The van der Waals surface area contributed by atoms with Gasteiger partial charge in [-0.3, -0.25) is 9.59 Å². The van der Waals surface area contributed by atoms with Crippen LogP contribution in [0.1, 0.15) is 35.2 Å². The zero-order valence-corrected chi connectivity index (χ0v) is 18.3. The molecular weight excluding hydrogens is 440 g/mol. The smallest absolute Gasteiger partial charge is 0.295 e. The van der Waals surface area contributed by atoms with E-state index in [1.165, 1.54) is 53.4 Å². The summed E-state index contributed by atoms with van der Waals surface area (Å²) in [4.78, 5) is 27.5. The zero-order valence-electron chi connectivity index (χ0n) is 18.3. The van der Waals surface area contributed by atoms with Crippen molar-refractivity contribution in [3.05, 3.63) is 106 Å². The monoisotopic (exact) mass is 461 g/mol. The van der Waals surface area contributed by atoms with Crippen LogP contribution < -0.4 is 4.74 Å². The first-order valence-electron chi connectivity index (χ1n) is 10.9. The Morgan fingerprint density at radius 1 is 1.00 bits per heavy atom. The molecular formula is C27H21F2NO4. The lowest BCUT2D eigenvalue weighted by Gasteiger charge is -2.25. The van der Waals surface area contributed by atoms with Gasteiger partial charge in [0, 0.05) is 18.5 Å². The van der Waals surface area contributed by atoms with Gasteiger partial charge < -0.3 is 14.7 Å². The fourth-order valence-electron chi connectivity index (χ4n) is 4.55. The molecule has 1 amide bonds. The second-order valence-corrected chi connectivity index (χ2v) is 8.56. The summed E-state index contributed by atoms with van der Waals surface area (Å²) in [5.41, 5.74) is 2.30. The summed E-state index contributed by atoms with van der Waals surface area (Å²) in [6.45, 7) is 1.95. The van der Waals surface area contributed by atoms with Crippen LogP contribution in [0.25, 0.3) is 5.76 Å². The van der Waals surface area contributed by atoms with Crippen LogP contribution in [0, 0.1) is 11.6 Å². The minimum Gasteiger partial charge on any atom is -0.507 e. The molecule has 7 heteroatoms. The van der Waals surface area contributed by atoms with Gasteiger partial charge in [0.25, 0.3) is 11.7 Å². The molecule has 1 N–H and O–H groups in total. The highest BCUT2D eigenvalue weighted by atomic mass is 19.1. The molecule has 2 aliphatic heterocycles. The molecule has 0 bridgehead atoms. The Morgan fingerprint density at radius 2 is 1.65 bits per heavy atom. The maximum absolute atomic E-state index is 13.6. The van der Waals surface area contributed by atoms with Gasteiger partial charge in [-0.15, -0.1) is 0 Å². The summed E-state index contributed by atoms with van der Waals surface area (Å²) in [6, 6.07) is 15.2. The number of hydrogen-bond donors (Lipinski definition) is 1. The standard InChI is InChI=1S/C27H21F2NO4/c1-15-12-19-13-18(6-11-22(19)34-15)25(31)23-24(17-4-9-21(29)10-5-17)30(27(33)26(23)32)14-16-2-7-20(28)8-3-16/h2-11,13,15,24,31H,12,14H2,1H3/b25-23-. The Hall–Kier alpha value is -4.00. The van der Waals surface area contributed by atoms with Gasteiger partial charge >= 0.3 is 0 Å². The normalized spacial score (nSPS) is 21.0. The van der Waals surface area contributed by atoms with Gasteiger partial charge in [0.2, 0.25) is 0 Å². The summed E-state index contributed by atoms with van der Waals surface area (Å²) in [5, 5.41) is 11.2. The van der Waals surface area contributed by atoms with Gasteiger partial charge in [-0.1, -0.05) is 24.3 Å². The molecule has 2 heterocycles. The van der Waals surface area contributed by atoms with Crippen molar-refractivity contribution in [2.75, 3.05) is 0 Å². The summed E-state index contributed by atoms with van der Waals surface area (Å²) in [5.74, 6) is -2.10. The van der Waals surface area contributed by atoms with Gasteiger partial charge in [0.05, 0.1) is 11.6 Å². The lowest BCUT2D eigenvalue weighted by molar-refractivity contribution is -0.140. The van der Waals surface area contributed by atoms with E-state index in [0.29, 0.717) is 23.1 Å². The van der Waals surface area contributed by atoms with Crippen LogP contribution in [0.3, 0.4) is 0 Å². The molecule has 5 nitrogen and oxygen atoms in total. The number of nitrogens with zero attached hydrogens (tertiary/aromatic N) is 1. The third-order valence-corrected chi connectivity index (χ3v) is 6.16. The number of fused-ring (bicyclic) bond motifs is 1. The molecule has 5 rings (SSSR count).